The summed E-state index contributed by atoms with van der Waals surface area (Å²) in [6, 6.07) is 11.7. The molecule has 1 N–H and O–H groups in total. The Hall–Kier alpha value is -3.19. The van der Waals surface area contributed by atoms with E-state index >= 15 is 0 Å². The van der Waals surface area contributed by atoms with Gasteiger partial charge in [-0.2, -0.15) is 0 Å². The van der Waals surface area contributed by atoms with E-state index in [1.165, 1.54) is 31.4 Å². The molecule has 0 aromatic heterocycles. The van der Waals surface area contributed by atoms with Crippen molar-refractivity contribution >= 4 is 28.9 Å². The highest BCUT2D eigenvalue weighted by Crippen LogP contribution is 2.46. The Kier molecular flexibility index (Phi) is 5.66. The van der Waals surface area contributed by atoms with Crippen LogP contribution in [0.5, 0.6) is 0 Å². The molecule has 3 aliphatic heterocycles. The zero-order valence-electron chi connectivity index (χ0n) is 17.7. The number of hydrogen-bond donors (Lipinski definition) is 1. The fourth-order valence-electron chi connectivity index (χ4n) is 4.65. The number of fused-ring (bicyclic) bond motifs is 2. The maximum absolute atomic E-state index is 13.6. The van der Waals surface area contributed by atoms with E-state index < -0.39 is 11.9 Å². The number of esters is 1. The van der Waals surface area contributed by atoms with Crippen molar-refractivity contribution in [3.63, 3.8) is 0 Å². The second-order valence-corrected chi connectivity index (χ2v) is 8.37. The van der Waals surface area contributed by atoms with Crippen LogP contribution in [0.2, 0.25) is 0 Å². The lowest BCUT2D eigenvalue weighted by atomic mass is 9.98. The summed E-state index contributed by atoms with van der Waals surface area (Å²) in [5.41, 5.74) is 2.96. The van der Waals surface area contributed by atoms with Crippen LogP contribution in [0.1, 0.15) is 48.5 Å². The number of carbonyl (C=O) groups is 2. The van der Waals surface area contributed by atoms with E-state index in [1.54, 1.807) is 6.07 Å². The van der Waals surface area contributed by atoms with Gasteiger partial charge in [-0.05, 0) is 44.1 Å². The van der Waals surface area contributed by atoms with Gasteiger partial charge in [0.25, 0.3) is 5.91 Å². The minimum absolute atomic E-state index is 0.0612. The van der Waals surface area contributed by atoms with E-state index in [1.807, 2.05) is 24.3 Å². The molecule has 6 nitrogen and oxygen atoms in total. The summed E-state index contributed by atoms with van der Waals surface area (Å²) in [4.78, 5) is 27.5. The minimum Gasteiger partial charge on any atom is -0.484 e. The molecule has 2 aromatic carbocycles. The van der Waals surface area contributed by atoms with Crippen molar-refractivity contribution in [2.24, 2.45) is 0 Å². The van der Waals surface area contributed by atoms with Crippen LogP contribution in [0.25, 0.3) is 11.3 Å². The van der Waals surface area contributed by atoms with Crippen molar-refractivity contribution in [2.45, 2.75) is 31.8 Å². The molecule has 166 valence electrons. The van der Waals surface area contributed by atoms with E-state index in [0.29, 0.717) is 29.2 Å². The highest BCUT2D eigenvalue weighted by atomic mass is 19.1. The molecule has 0 saturated carbocycles. The summed E-state index contributed by atoms with van der Waals surface area (Å²) in [6.45, 7) is 3.22. The Morgan fingerprint density at radius 3 is 2.78 bits per heavy atom. The zero-order chi connectivity index (χ0) is 22.1. The molecule has 3 aliphatic rings. The first-order valence-corrected chi connectivity index (χ1v) is 11.1. The van der Waals surface area contributed by atoms with Crippen LogP contribution < -0.4 is 5.32 Å². The summed E-state index contributed by atoms with van der Waals surface area (Å²) < 4.78 is 25.2. The van der Waals surface area contributed by atoms with Crippen molar-refractivity contribution in [1.82, 2.24) is 4.90 Å². The number of anilines is 1. The number of hydrogen-bond acceptors (Lipinski definition) is 5. The van der Waals surface area contributed by atoms with Crippen molar-refractivity contribution < 1.29 is 23.5 Å². The Morgan fingerprint density at radius 1 is 1.12 bits per heavy atom. The van der Waals surface area contributed by atoms with Crippen molar-refractivity contribution in [2.75, 3.05) is 31.6 Å². The summed E-state index contributed by atoms with van der Waals surface area (Å²) >= 11 is 0. The normalized spacial score (nSPS) is 22.2. The molecule has 1 atom stereocenters. The van der Waals surface area contributed by atoms with Gasteiger partial charge in [0.05, 0.1) is 17.7 Å². The number of benzene rings is 2. The van der Waals surface area contributed by atoms with Crippen LogP contribution in [0.4, 0.5) is 10.1 Å². The van der Waals surface area contributed by atoms with Gasteiger partial charge in [0, 0.05) is 23.2 Å². The molecular formula is C25H25FN2O4. The highest BCUT2D eigenvalue weighted by Gasteiger charge is 2.37. The SMILES string of the molecule is O=C(CC1O/C(=C2\C(=O)Nc3cc(F)ccc32)c2ccccc21)OCCN1CCCCC1. The maximum atomic E-state index is 13.6. The Labute approximate surface area is 186 Å². The Bertz CT molecular complexity index is 1090. The number of amides is 1. The Morgan fingerprint density at radius 2 is 1.94 bits per heavy atom. The molecule has 1 fully saturated rings. The quantitative estimate of drug-likeness (QED) is 0.564. The number of rotatable bonds is 5. The van der Waals surface area contributed by atoms with Crippen LogP contribution >= 0.6 is 0 Å². The van der Waals surface area contributed by atoms with Crippen LogP contribution in [0.15, 0.2) is 42.5 Å². The third kappa shape index (κ3) is 4.00. The zero-order valence-corrected chi connectivity index (χ0v) is 17.7. The molecule has 1 amide bonds. The first-order valence-electron chi connectivity index (χ1n) is 11.1. The second kappa shape index (κ2) is 8.74. The fourth-order valence-corrected chi connectivity index (χ4v) is 4.65. The van der Waals surface area contributed by atoms with Gasteiger partial charge in [0.2, 0.25) is 0 Å². The molecule has 0 bridgehead atoms. The number of piperidine rings is 1. The largest absolute Gasteiger partial charge is 0.484 e. The van der Waals surface area contributed by atoms with Gasteiger partial charge < -0.3 is 14.8 Å². The molecule has 1 saturated heterocycles. The first-order chi connectivity index (χ1) is 15.6. The van der Waals surface area contributed by atoms with Crippen LogP contribution in [0, 0.1) is 5.82 Å². The molecule has 2 aromatic rings. The van der Waals surface area contributed by atoms with Gasteiger partial charge in [-0.3, -0.25) is 14.5 Å². The highest BCUT2D eigenvalue weighted by molar-refractivity contribution is 6.36. The molecule has 32 heavy (non-hydrogen) atoms. The summed E-state index contributed by atoms with van der Waals surface area (Å²) in [7, 11) is 0. The van der Waals surface area contributed by atoms with E-state index in [2.05, 4.69) is 10.2 Å². The minimum atomic E-state index is -0.534. The summed E-state index contributed by atoms with van der Waals surface area (Å²) in [5, 5.41) is 2.70. The third-order valence-electron chi connectivity index (χ3n) is 6.24. The van der Waals surface area contributed by atoms with Gasteiger partial charge in [0.15, 0.2) is 0 Å². The number of ether oxygens (including phenoxy) is 2. The number of nitrogens with zero attached hydrogens (tertiary/aromatic N) is 1. The first kappa shape index (κ1) is 20.7. The van der Waals surface area contributed by atoms with Gasteiger partial charge >= 0.3 is 5.97 Å². The molecule has 0 radical (unpaired) electrons. The number of nitrogens with one attached hydrogen (secondary N) is 1. The summed E-state index contributed by atoms with van der Waals surface area (Å²) in [6.07, 6.45) is 3.19. The number of carbonyl (C=O) groups excluding carboxylic acids is 2. The molecule has 5 rings (SSSR count). The van der Waals surface area contributed by atoms with E-state index in [-0.39, 0.29) is 18.3 Å². The molecule has 1 unspecified atom stereocenters. The lowest BCUT2D eigenvalue weighted by Gasteiger charge is -2.26. The topological polar surface area (TPSA) is 67.9 Å². The maximum Gasteiger partial charge on any atom is 0.309 e. The van der Waals surface area contributed by atoms with Crippen molar-refractivity contribution in [3.8, 4) is 0 Å². The van der Waals surface area contributed by atoms with Gasteiger partial charge in [-0.25, -0.2) is 4.39 Å². The standard InChI is InChI=1S/C25H25FN2O4/c26-16-8-9-19-20(14-16)27-25(30)23(19)24-18-7-3-2-6-17(18)21(32-24)15-22(29)31-13-12-28-10-4-1-5-11-28/h2-3,6-9,14,21H,1,4-5,10-13,15H2,(H,27,30)/b24-23-. The van der Waals surface area contributed by atoms with Gasteiger partial charge in [-0.1, -0.05) is 30.7 Å². The average molecular weight is 436 g/mol. The van der Waals surface area contributed by atoms with Crippen LogP contribution in [-0.2, 0) is 19.1 Å². The van der Waals surface area contributed by atoms with Crippen molar-refractivity contribution in [3.05, 3.63) is 65.0 Å². The van der Waals surface area contributed by atoms with Crippen molar-refractivity contribution in [1.29, 1.82) is 0 Å². The second-order valence-electron chi connectivity index (χ2n) is 8.37. The third-order valence-corrected chi connectivity index (χ3v) is 6.24. The molecule has 0 aliphatic carbocycles. The predicted octanol–water partition coefficient (Wildman–Crippen LogP) is 4.14. The summed E-state index contributed by atoms with van der Waals surface area (Å²) in [5.74, 6) is -0.686. The monoisotopic (exact) mass is 436 g/mol. The molecular weight excluding hydrogens is 411 g/mol. The van der Waals surface area contributed by atoms with Gasteiger partial charge in [0.1, 0.15) is 24.3 Å². The Balaban J connectivity index is 1.33. The predicted molar refractivity (Wildman–Crippen MR) is 118 cm³/mol. The van der Waals surface area contributed by atoms with E-state index in [0.717, 1.165) is 30.8 Å². The van der Waals surface area contributed by atoms with E-state index in [4.69, 9.17) is 9.47 Å². The van der Waals surface area contributed by atoms with Gasteiger partial charge in [-0.15, -0.1) is 0 Å². The van der Waals surface area contributed by atoms with Crippen LogP contribution in [0.3, 0.4) is 0 Å². The van der Waals surface area contributed by atoms with Crippen LogP contribution in [-0.4, -0.2) is 43.0 Å². The lowest BCUT2D eigenvalue weighted by molar-refractivity contribution is -0.146. The lowest BCUT2D eigenvalue weighted by Crippen LogP contribution is -2.33. The molecule has 7 heteroatoms. The number of likely N-dealkylation sites (tertiary alicyclic amines) is 1. The smallest absolute Gasteiger partial charge is 0.309 e. The average Bonchev–Trinajstić information content (AvgIpc) is 3.30. The fraction of sp³-hybridized carbons (Fsp3) is 0.360. The molecule has 3 heterocycles. The van der Waals surface area contributed by atoms with E-state index in [9.17, 15) is 14.0 Å². The number of halogens is 1. The molecule has 0 spiro atoms.